The van der Waals surface area contributed by atoms with E-state index in [0.29, 0.717) is 38.4 Å². The molecule has 2 saturated heterocycles. The van der Waals surface area contributed by atoms with Crippen molar-refractivity contribution in [2.24, 2.45) is 0 Å². The molecule has 2 aliphatic rings. The van der Waals surface area contributed by atoms with E-state index in [-0.39, 0.29) is 12.0 Å². The lowest BCUT2D eigenvalue weighted by Gasteiger charge is -2.32. The zero-order valence-electron chi connectivity index (χ0n) is 14.0. The van der Waals surface area contributed by atoms with Crippen molar-refractivity contribution in [3.05, 3.63) is 42.7 Å². The van der Waals surface area contributed by atoms with Gasteiger partial charge in [-0.05, 0) is 25.0 Å². The zero-order chi connectivity index (χ0) is 17.1. The molecule has 1 spiro atoms. The summed E-state index contributed by atoms with van der Waals surface area (Å²) in [5.41, 5.74) is 0.149. The van der Waals surface area contributed by atoms with Gasteiger partial charge in [-0.1, -0.05) is 0 Å². The van der Waals surface area contributed by atoms with Gasteiger partial charge in [0.25, 0.3) is 5.91 Å². The number of rotatable bonds is 3. The largest absolute Gasteiger partial charge is 0.377 e. The smallest absolute Gasteiger partial charge is 0.255 e. The molecule has 2 aromatic heterocycles. The fraction of sp³-hybridized carbons (Fsp3) is 0.529. The second kappa shape index (κ2) is 6.89. The van der Waals surface area contributed by atoms with E-state index >= 15 is 0 Å². The van der Waals surface area contributed by atoms with Crippen LogP contribution in [0.15, 0.2) is 37.2 Å². The zero-order valence-corrected chi connectivity index (χ0v) is 14.0. The second-order valence-electron chi connectivity index (χ2n) is 6.60. The minimum Gasteiger partial charge on any atom is -0.377 e. The van der Waals surface area contributed by atoms with Crippen LogP contribution in [0.3, 0.4) is 0 Å². The van der Waals surface area contributed by atoms with Crippen molar-refractivity contribution in [1.29, 1.82) is 0 Å². The maximum absolute atomic E-state index is 12.8. The van der Waals surface area contributed by atoms with Gasteiger partial charge in [-0.15, -0.1) is 0 Å². The van der Waals surface area contributed by atoms with Crippen LogP contribution < -0.4 is 0 Å². The number of carbonyl (C=O) groups excluding carboxylic acids is 1. The maximum atomic E-state index is 12.8. The molecule has 0 bridgehead atoms. The van der Waals surface area contributed by atoms with Crippen molar-refractivity contribution in [1.82, 2.24) is 24.6 Å². The molecular formula is C17H21N5O3. The Labute approximate surface area is 145 Å². The van der Waals surface area contributed by atoms with Gasteiger partial charge in [-0.3, -0.25) is 14.5 Å². The first-order valence-electron chi connectivity index (χ1n) is 8.51. The molecule has 2 atom stereocenters. The minimum atomic E-state index is -0.445. The van der Waals surface area contributed by atoms with Crippen molar-refractivity contribution in [2.45, 2.75) is 31.1 Å². The van der Waals surface area contributed by atoms with Gasteiger partial charge in [-0.25, -0.2) is 4.98 Å². The van der Waals surface area contributed by atoms with Crippen LogP contribution in [0.1, 0.15) is 23.2 Å². The predicted octanol–water partition coefficient (Wildman–Crippen LogP) is 0.763. The molecule has 8 nitrogen and oxygen atoms in total. The van der Waals surface area contributed by atoms with Gasteiger partial charge < -0.3 is 14.4 Å². The van der Waals surface area contributed by atoms with Gasteiger partial charge in [-0.2, -0.15) is 5.10 Å². The maximum Gasteiger partial charge on any atom is 0.255 e. The Hall–Kier alpha value is -2.32. The summed E-state index contributed by atoms with van der Waals surface area (Å²) in [5, 5.41) is 4.14. The molecule has 0 saturated carbocycles. The van der Waals surface area contributed by atoms with Crippen LogP contribution in [-0.2, 0) is 16.0 Å². The Bertz CT molecular complexity index is 708. The summed E-state index contributed by atoms with van der Waals surface area (Å²) in [7, 11) is 0. The van der Waals surface area contributed by atoms with E-state index in [0.717, 1.165) is 12.8 Å². The summed E-state index contributed by atoms with van der Waals surface area (Å²) in [6.45, 7) is 2.79. The molecule has 4 rings (SSSR count). The van der Waals surface area contributed by atoms with Crippen LogP contribution in [0, 0.1) is 0 Å². The van der Waals surface area contributed by atoms with Crippen molar-refractivity contribution < 1.29 is 14.3 Å². The van der Waals surface area contributed by atoms with Crippen LogP contribution in [0.5, 0.6) is 0 Å². The summed E-state index contributed by atoms with van der Waals surface area (Å²) >= 11 is 0. The van der Waals surface area contributed by atoms with Crippen LogP contribution in [0.4, 0.5) is 0 Å². The molecule has 2 fully saturated rings. The molecule has 0 aliphatic carbocycles. The fourth-order valence-corrected chi connectivity index (χ4v) is 3.53. The number of carbonyl (C=O) groups is 1. The highest BCUT2D eigenvalue weighted by Crippen LogP contribution is 2.34. The number of hydrogen-bond acceptors (Lipinski definition) is 6. The number of pyridine rings is 1. The van der Waals surface area contributed by atoms with Crippen LogP contribution in [0.2, 0.25) is 0 Å². The van der Waals surface area contributed by atoms with Gasteiger partial charge in [0.2, 0.25) is 0 Å². The summed E-state index contributed by atoms with van der Waals surface area (Å²) in [5.74, 6) is -0.0266. The van der Waals surface area contributed by atoms with Crippen molar-refractivity contribution in [3.63, 3.8) is 0 Å². The quantitative estimate of drug-likeness (QED) is 0.818. The van der Waals surface area contributed by atoms with E-state index < -0.39 is 5.60 Å². The molecule has 2 unspecified atom stereocenters. The van der Waals surface area contributed by atoms with E-state index in [1.165, 1.54) is 6.33 Å². The first-order chi connectivity index (χ1) is 12.2. The highest BCUT2D eigenvalue weighted by atomic mass is 16.6. The van der Waals surface area contributed by atoms with Gasteiger partial charge in [0, 0.05) is 18.9 Å². The Balaban J connectivity index is 1.46. The lowest BCUT2D eigenvalue weighted by atomic mass is 10.00. The van der Waals surface area contributed by atoms with E-state index in [9.17, 15) is 4.79 Å². The molecule has 25 heavy (non-hydrogen) atoms. The highest BCUT2D eigenvalue weighted by Gasteiger charge is 2.44. The molecule has 1 amide bonds. The molecule has 8 heteroatoms. The lowest BCUT2D eigenvalue weighted by Crippen LogP contribution is -2.46. The Morgan fingerprint density at radius 2 is 2.36 bits per heavy atom. The van der Waals surface area contributed by atoms with E-state index in [1.807, 2.05) is 4.90 Å². The van der Waals surface area contributed by atoms with Gasteiger partial charge >= 0.3 is 0 Å². The van der Waals surface area contributed by atoms with Crippen molar-refractivity contribution in [3.8, 4) is 0 Å². The third-order valence-corrected chi connectivity index (χ3v) is 4.74. The third kappa shape index (κ3) is 3.54. The van der Waals surface area contributed by atoms with Crippen molar-refractivity contribution in [2.75, 3.05) is 26.3 Å². The standard InChI is InChI=1S/C17H21N5O3/c23-16(14-2-1-5-18-8-14)21-6-7-24-11-17(10-21)4-3-15(25-17)9-22-13-19-12-20-22/h1-2,5,8,12-13,15H,3-4,6-7,9-11H2. The van der Waals surface area contributed by atoms with E-state index in [4.69, 9.17) is 9.47 Å². The number of ether oxygens (including phenoxy) is 2. The topological polar surface area (TPSA) is 82.4 Å². The van der Waals surface area contributed by atoms with Crippen LogP contribution >= 0.6 is 0 Å². The van der Waals surface area contributed by atoms with E-state index in [1.54, 1.807) is 35.5 Å². The second-order valence-corrected chi connectivity index (χ2v) is 6.60. The minimum absolute atomic E-state index is 0.0266. The molecule has 2 aliphatic heterocycles. The fourth-order valence-electron chi connectivity index (χ4n) is 3.53. The normalized spacial score (nSPS) is 26.7. The molecule has 0 radical (unpaired) electrons. The molecule has 2 aromatic rings. The van der Waals surface area contributed by atoms with Crippen LogP contribution in [0.25, 0.3) is 0 Å². The Morgan fingerprint density at radius 3 is 3.16 bits per heavy atom. The predicted molar refractivity (Wildman–Crippen MR) is 87.8 cm³/mol. The average molecular weight is 343 g/mol. The number of hydrogen-bond donors (Lipinski definition) is 0. The monoisotopic (exact) mass is 343 g/mol. The summed E-state index contributed by atoms with van der Waals surface area (Å²) in [6.07, 6.45) is 8.31. The number of aromatic nitrogens is 4. The summed E-state index contributed by atoms with van der Waals surface area (Å²) < 4.78 is 13.9. The van der Waals surface area contributed by atoms with Gasteiger partial charge in [0.1, 0.15) is 18.3 Å². The average Bonchev–Trinajstić information content (AvgIpc) is 3.23. The first kappa shape index (κ1) is 16.2. The summed E-state index contributed by atoms with van der Waals surface area (Å²) in [6, 6.07) is 3.56. The third-order valence-electron chi connectivity index (χ3n) is 4.74. The molecule has 0 aromatic carbocycles. The van der Waals surface area contributed by atoms with Gasteiger partial charge in [0.15, 0.2) is 0 Å². The van der Waals surface area contributed by atoms with Crippen molar-refractivity contribution >= 4 is 5.91 Å². The summed E-state index contributed by atoms with van der Waals surface area (Å²) in [4.78, 5) is 22.6. The SMILES string of the molecule is O=C(c1cccnc1)N1CCOCC2(CCC(Cn3cncn3)O2)C1. The first-order valence-corrected chi connectivity index (χ1v) is 8.51. The number of nitrogens with zero attached hydrogens (tertiary/aromatic N) is 5. The molecule has 4 heterocycles. The molecular weight excluding hydrogens is 322 g/mol. The van der Waals surface area contributed by atoms with E-state index in [2.05, 4.69) is 15.1 Å². The lowest BCUT2D eigenvalue weighted by molar-refractivity contribution is -0.0881. The van der Waals surface area contributed by atoms with Gasteiger partial charge in [0.05, 0.1) is 38.0 Å². The highest BCUT2D eigenvalue weighted by molar-refractivity contribution is 5.93. The Kier molecular flexibility index (Phi) is 4.46. The molecule has 0 N–H and O–H groups in total. The molecule has 132 valence electrons. The Morgan fingerprint density at radius 1 is 1.40 bits per heavy atom. The number of amides is 1. The van der Waals surface area contributed by atoms with Crippen LogP contribution in [-0.4, -0.2) is 68.6 Å².